The molecule has 23 heavy (non-hydrogen) atoms. The Balaban J connectivity index is 1.90. The third-order valence-corrected chi connectivity index (χ3v) is 5.44. The van der Waals surface area contributed by atoms with Gasteiger partial charge in [0.05, 0.1) is 6.61 Å². The molecule has 0 radical (unpaired) electrons. The maximum atomic E-state index is 12.5. The van der Waals surface area contributed by atoms with E-state index in [0.717, 1.165) is 12.8 Å². The molecule has 1 aromatic rings. The van der Waals surface area contributed by atoms with Crippen LogP contribution in [0.3, 0.4) is 0 Å². The molecule has 124 valence electrons. The number of rotatable bonds is 4. The van der Waals surface area contributed by atoms with Crippen LogP contribution in [0.4, 0.5) is 0 Å². The van der Waals surface area contributed by atoms with Crippen molar-refractivity contribution in [1.82, 2.24) is 4.90 Å². The summed E-state index contributed by atoms with van der Waals surface area (Å²) < 4.78 is 5.29. The lowest BCUT2D eigenvalue weighted by Gasteiger charge is -2.38. The molecule has 1 aliphatic heterocycles. The molecule has 1 heterocycles. The smallest absolute Gasteiger partial charge is 0.323 e. The molecule has 0 bridgehead atoms. The SMILES string of the molecule is CCOC(=O)[C@@H]1C[C@@]2(C)C(=O)CCC[C@H]2N1Cc1ccccc1. The molecule has 3 atom stereocenters. The zero-order valence-corrected chi connectivity index (χ0v) is 14.0. The Morgan fingerprint density at radius 1 is 1.35 bits per heavy atom. The van der Waals surface area contributed by atoms with Crippen LogP contribution in [-0.2, 0) is 20.9 Å². The third kappa shape index (κ3) is 2.92. The lowest BCUT2D eigenvalue weighted by molar-refractivity contribution is -0.149. The molecule has 1 saturated carbocycles. The van der Waals surface area contributed by atoms with Crippen LogP contribution in [0.1, 0.15) is 45.1 Å². The molecule has 0 amide bonds. The number of ketones is 1. The summed E-state index contributed by atoms with van der Waals surface area (Å²) in [6.07, 6.45) is 3.12. The van der Waals surface area contributed by atoms with E-state index in [-0.39, 0.29) is 18.1 Å². The van der Waals surface area contributed by atoms with E-state index in [2.05, 4.69) is 17.0 Å². The van der Waals surface area contributed by atoms with Crippen LogP contribution >= 0.6 is 0 Å². The van der Waals surface area contributed by atoms with Gasteiger partial charge in [0, 0.05) is 24.4 Å². The second-order valence-corrected chi connectivity index (χ2v) is 6.88. The summed E-state index contributed by atoms with van der Waals surface area (Å²) in [6.45, 7) is 4.94. The predicted octanol–water partition coefficient (Wildman–Crippen LogP) is 2.95. The van der Waals surface area contributed by atoms with Crippen molar-refractivity contribution >= 4 is 11.8 Å². The number of ether oxygens (including phenoxy) is 1. The zero-order chi connectivity index (χ0) is 16.4. The molecule has 2 fully saturated rings. The maximum absolute atomic E-state index is 12.5. The largest absolute Gasteiger partial charge is 0.465 e. The van der Waals surface area contributed by atoms with Crippen LogP contribution in [0, 0.1) is 5.41 Å². The van der Waals surface area contributed by atoms with Gasteiger partial charge in [-0.25, -0.2) is 0 Å². The van der Waals surface area contributed by atoms with Gasteiger partial charge >= 0.3 is 5.97 Å². The standard InChI is InChI=1S/C19H25NO3/c1-3-23-18(22)15-12-19(2)16(10-7-11-17(19)21)20(15)13-14-8-5-4-6-9-14/h4-6,8-9,15-16H,3,7,10-13H2,1-2H3/t15-,16+,19+/m0/s1. The summed E-state index contributed by atoms with van der Waals surface area (Å²) in [5, 5.41) is 0. The highest BCUT2D eigenvalue weighted by molar-refractivity contribution is 5.88. The molecule has 1 aromatic carbocycles. The number of nitrogens with zero attached hydrogens (tertiary/aromatic N) is 1. The van der Waals surface area contributed by atoms with Crippen LogP contribution in [0.2, 0.25) is 0 Å². The molecule has 4 heteroatoms. The van der Waals surface area contributed by atoms with Gasteiger partial charge in [-0.3, -0.25) is 14.5 Å². The molecule has 0 spiro atoms. The van der Waals surface area contributed by atoms with Gasteiger partial charge in [-0.1, -0.05) is 37.3 Å². The lowest BCUT2D eigenvalue weighted by atomic mass is 9.70. The van der Waals surface area contributed by atoms with Gasteiger partial charge in [0.1, 0.15) is 11.8 Å². The fourth-order valence-electron chi connectivity index (χ4n) is 4.24. The van der Waals surface area contributed by atoms with Crippen molar-refractivity contribution in [2.75, 3.05) is 6.61 Å². The number of carbonyl (C=O) groups is 2. The molecular weight excluding hydrogens is 290 g/mol. The number of carbonyl (C=O) groups excluding carboxylic acids is 2. The molecular formula is C19H25NO3. The van der Waals surface area contributed by atoms with Crippen LogP contribution < -0.4 is 0 Å². The van der Waals surface area contributed by atoms with Crippen molar-refractivity contribution in [2.45, 2.75) is 58.2 Å². The average Bonchev–Trinajstić information content (AvgIpc) is 2.84. The first-order valence-electron chi connectivity index (χ1n) is 8.56. The zero-order valence-electron chi connectivity index (χ0n) is 14.0. The van der Waals surface area contributed by atoms with E-state index in [0.29, 0.717) is 31.8 Å². The normalized spacial score (nSPS) is 31.0. The first-order chi connectivity index (χ1) is 11.1. The van der Waals surface area contributed by atoms with Crippen molar-refractivity contribution in [1.29, 1.82) is 0 Å². The Bertz CT molecular complexity index is 586. The maximum Gasteiger partial charge on any atom is 0.323 e. The average molecular weight is 315 g/mol. The Morgan fingerprint density at radius 2 is 2.09 bits per heavy atom. The van der Waals surface area contributed by atoms with Gasteiger partial charge in [0.15, 0.2) is 0 Å². The molecule has 0 unspecified atom stereocenters. The number of fused-ring (bicyclic) bond motifs is 1. The predicted molar refractivity (Wildman–Crippen MR) is 87.8 cm³/mol. The van der Waals surface area contributed by atoms with Crippen LogP contribution in [0.15, 0.2) is 30.3 Å². The molecule has 0 N–H and O–H groups in total. The summed E-state index contributed by atoms with van der Waals surface area (Å²) in [4.78, 5) is 27.2. The quantitative estimate of drug-likeness (QED) is 0.802. The number of hydrogen-bond donors (Lipinski definition) is 0. The summed E-state index contributed by atoms with van der Waals surface area (Å²) in [6, 6.07) is 9.98. The van der Waals surface area contributed by atoms with E-state index in [1.54, 1.807) is 0 Å². The highest BCUT2D eigenvalue weighted by Gasteiger charge is 2.56. The summed E-state index contributed by atoms with van der Waals surface area (Å²) >= 11 is 0. The number of hydrogen-bond acceptors (Lipinski definition) is 4. The van der Waals surface area contributed by atoms with Crippen LogP contribution in [0.25, 0.3) is 0 Å². The first kappa shape index (κ1) is 16.2. The van der Waals surface area contributed by atoms with E-state index >= 15 is 0 Å². The summed E-state index contributed by atoms with van der Waals surface area (Å²) in [5.41, 5.74) is 0.758. The van der Waals surface area contributed by atoms with E-state index in [1.807, 2.05) is 32.0 Å². The Morgan fingerprint density at radius 3 is 2.78 bits per heavy atom. The van der Waals surface area contributed by atoms with Crippen LogP contribution in [-0.4, -0.2) is 35.3 Å². The minimum atomic E-state index is -0.412. The second-order valence-electron chi connectivity index (χ2n) is 6.88. The lowest BCUT2D eigenvalue weighted by Crippen LogP contribution is -2.47. The minimum Gasteiger partial charge on any atom is -0.465 e. The van der Waals surface area contributed by atoms with E-state index < -0.39 is 5.41 Å². The van der Waals surface area contributed by atoms with Gasteiger partial charge in [0.2, 0.25) is 0 Å². The molecule has 1 aliphatic carbocycles. The number of Topliss-reactive ketones (excluding diaryl/α,β-unsaturated/α-hetero) is 1. The molecule has 3 rings (SSSR count). The first-order valence-corrected chi connectivity index (χ1v) is 8.56. The monoisotopic (exact) mass is 315 g/mol. The highest BCUT2D eigenvalue weighted by atomic mass is 16.5. The van der Waals surface area contributed by atoms with Gasteiger partial charge < -0.3 is 4.74 Å². The number of benzene rings is 1. The Kier molecular flexibility index (Phi) is 4.53. The van der Waals surface area contributed by atoms with Crippen molar-refractivity contribution in [2.24, 2.45) is 5.41 Å². The molecule has 1 saturated heterocycles. The fourth-order valence-corrected chi connectivity index (χ4v) is 4.24. The van der Waals surface area contributed by atoms with E-state index in [9.17, 15) is 9.59 Å². The van der Waals surface area contributed by atoms with Crippen molar-refractivity contribution in [3.8, 4) is 0 Å². The van der Waals surface area contributed by atoms with Crippen molar-refractivity contribution in [3.63, 3.8) is 0 Å². The Hall–Kier alpha value is -1.68. The third-order valence-electron chi connectivity index (χ3n) is 5.44. The van der Waals surface area contributed by atoms with Gasteiger partial charge in [-0.2, -0.15) is 0 Å². The van der Waals surface area contributed by atoms with Gasteiger partial charge in [-0.15, -0.1) is 0 Å². The number of likely N-dealkylation sites (tertiary alicyclic amines) is 1. The van der Waals surface area contributed by atoms with Crippen molar-refractivity contribution in [3.05, 3.63) is 35.9 Å². The minimum absolute atomic E-state index is 0.137. The summed E-state index contributed by atoms with van der Waals surface area (Å²) in [5.74, 6) is 0.116. The van der Waals surface area contributed by atoms with E-state index in [1.165, 1.54) is 5.56 Å². The van der Waals surface area contributed by atoms with E-state index in [4.69, 9.17) is 4.74 Å². The van der Waals surface area contributed by atoms with Crippen LogP contribution in [0.5, 0.6) is 0 Å². The highest BCUT2D eigenvalue weighted by Crippen LogP contribution is 2.48. The van der Waals surface area contributed by atoms with Gasteiger partial charge in [0.25, 0.3) is 0 Å². The topological polar surface area (TPSA) is 46.6 Å². The summed E-state index contributed by atoms with van der Waals surface area (Å²) in [7, 11) is 0. The fraction of sp³-hybridized carbons (Fsp3) is 0.579. The molecule has 2 aliphatic rings. The van der Waals surface area contributed by atoms with Gasteiger partial charge in [-0.05, 0) is 31.7 Å². The second kappa shape index (κ2) is 6.44. The Labute approximate surface area is 137 Å². The van der Waals surface area contributed by atoms with Crippen molar-refractivity contribution < 1.29 is 14.3 Å². The molecule has 4 nitrogen and oxygen atoms in total. The molecule has 0 aromatic heterocycles. The number of esters is 1.